The number of hydrogen-bond acceptors (Lipinski definition) is 3. The molecule has 0 saturated carbocycles. The van der Waals surface area contributed by atoms with Gasteiger partial charge in [-0.2, -0.15) is 11.8 Å². The topological polar surface area (TPSA) is 46.4 Å². The number of rotatable bonds is 2. The van der Waals surface area contributed by atoms with Gasteiger partial charge in [-0.3, -0.25) is 4.79 Å². The average molecular weight is 261 g/mol. The fourth-order valence-corrected chi connectivity index (χ4v) is 3.39. The maximum atomic E-state index is 12.2. The minimum Gasteiger partial charge on any atom is -0.347 e. The van der Waals surface area contributed by atoms with E-state index < -0.39 is 0 Å². The molecule has 0 radical (unpaired) electrons. The number of fused-ring (bicyclic) bond motifs is 1. The van der Waals surface area contributed by atoms with Gasteiger partial charge in [0.1, 0.15) is 11.3 Å². The lowest BCUT2D eigenvalue weighted by molar-refractivity contribution is 0.0936. The molecule has 0 bridgehead atoms. The number of carbonyl (C=O) groups excluding carboxylic acids is 1. The first-order valence-electron chi connectivity index (χ1n) is 6.08. The van der Waals surface area contributed by atoms with E-state index in [1.54, 1.807) is 0 Å². The van der Waals surface area contributed by atoms with E-state index in [9.17, 15) is 4.79 Å². The molecule has 0 spiro atoms. The largest absolute Gasteiger partial charge is 0.347 e. The Morgan fingerprint density at radius 2 is 2.44 bits per heavy atom. The van der Waals surface area contributed by atoms with Gasteiger partial charge in [-0.05, 0) is 31.2 Å². The summed E-state index contributed by atoms with van der Waals surface area (Å²) < 4.78 is 1.94. The highest BCUT2D eigenvalue weighted by atomic mass is 32.2. The molecule has 1 N–H and O–H groups in total. The molecule has 1 aliphatic rings. The summed E-state index contributed by atoms with van der Waals surface area (Å²) in [5, 5.41) is 3.06. The van der Waals surface area contributed by atoms with E-state index in [1.807, 2.05) is 47.5 Å². The lowest BCUT2D eigenvalue weighted by Gasteiger charge is -2.09. The fraction of sp³-hybridized carbons (Fsp3) is 0.385. The van der Waals surface area contributed by atoms with Crippen molar-refractivity contribution in [1.29, 1.82) is 0 Å². The van der Waals surface area contributed by atoms with Crippen LogP contribution in [0, 0.1) is 6.92 Å². The van der Waals surface area contributed by atoms with E-state index in [1.165, 1.54) is 0 Å². The zero-order valence-corrected chi connectivity index (χ0v) is 11.0. The lowest BCUT2D eigenvalue weighted by Crippen LogP contribution is -2.35. The molecule has 1 aliphatic heterocycles. The Balaban J connectivity index is 1.88. The van der Waals surface area contributed by atoms with Crippen molar-refractivity contribution in [2.45, 2.75) is 19.4 Å². The van der Waals surface area contributed by atoms with Crippen molar-refractivity contribution in [3.05, 3.63) is 35.8 Å². The van der Waals surface area contributed by atoms with Crippen molar-refractivity contribution in [1.82, 2.24) is 14.7 Å². The van der Waals surface area contributed by atoms with E-state index in [-0.39, 0.29) is 5.91 Å². The van der Waals surface area contributed by atoms with Crippen LogP contribution < -0.4 is 5.32 Å². The van der Waals surface area contributed by atoms with Gasteiger partial charge in [0.2, 0.25) is 0 Å². The quantitative estimate of drug-likeness (QED) is 0.898. The number of imidazole rings is 1. The molecule has 18 heavy (non-hydrogen) atoms. The Hall–Kier alpha value is -1.49. The van der Waals surface area contributed by atoms with Gasteiger partial charge < -0.3 is 9.72 Å². The summed E-state index contributed by atoms with van der Waals surface area (Å²) >= 11 is 1.89. The number of amides is 1. The summed E-state index contributed by atoms with van der Waals surface area (Å²) in [6.45, 7) is 1.93. The summed E-state index contributed by atoms with van der Waals surface area (Å²) in [5.74, 6) is 2.09. The van der Waals surface area contributed by atoms with Crippen LogP contribution in [0.1, 0.15) is 22.6 Å². The van der Waals surface area contributed by atoms with Crippen molar-refractivity contribution < 1.29 is 4.79 Å². The lowest BCUT2D eigenvalue weighted by atomic mass is 10.2. The van der Waals surface area contributed by atoms with Crippen LogP contribution >= 0.6 is 11.8 Å². The average Bonchev–Trinajstić information content (AvgIpc) is 2.98. The number of aryl methyl sites for hydroxylation is 1. The molecule has 94 valence electrons. The molecule has 0 aliphatic carbocycles. The Labute approximate surface area is 110 Å². The van der Waals surface area contributed by atoms with Crippen molar-refractivity contribution in [3.63, 3.8) is 0 Å². The zero-order valence-electron chi connectivity index (χ0n) is 10.2. The molecular formula is C13H15N3OS. The minimum atomic E-state index is -0.0521. The van der Waals surface area contributed by atoms with Gasteiger partial charge in [-0.15, -0.1) is 0 Å². The van der Waals surface area contributed by atoms with Crippen molar-refractivity contribution in [2.75, 3.05) is 11.5 Å². The number of nitrogens with zero attached hydrogens (tertiary/aromatic N) is 2. The number of aromatic nitrogens is 2. The number of thioether (sulfide) groups is 1. The molecule has 2 aromatic heterocycles. The minimum absolute atomic E-state index is 0.0521. The van der Waals surface area contributed by atoms with Crippen LogP contribution in [0.5, 0.6) is 0 Å². The predicted octanol–water partition coefficient (Wildman–Crippen LogP) is 1.88. The van der Waals surface area contributed by atoms with Gasteiger partial charge in [0.15, 0.2) is 0 Å². The third-order valence-corrected chi connectivity index (χ3v) is 4.41. The Kier molecular flexibility index (Phi) is 2.99. The Morgan fingerprint density at radius 3 is 3.17 bits per heavy atom. The Bertz CT molecular complexity index is 587. The highest BCUT2D eigenvalue weighted by molar-refractivity contribution is 7.99. The first-order valence-corrected chi connectivity index (χ1v) is 7.23. The molecule has 1 saturated heterocycles. The SMILES string of the molecule is Cc1c(C(=O)NC2CCSC2)nc2ccccn12. The second-order valence-electron chi connectivity index (χ2n) is 4.51. The predicted molar refractivity (Wildman–Crippen MR) is 73.1 cm³/mol. The van der Waals surface area contributed by atoms with Gasteiger partial charge in [0.25, 0.3) is 5.91 Å². The van der Waals surface area contributed by atoms with Gasteiger partial charge in [-0.25, -0.2) is 4.98 Å². The van der Waals surface area contributed by atoms with Crippen LogP contribution in [-0.2, 0) is 0 Å². The van der Waals surface area contributed by atoms with Crippen LogP contribution in [0.25, 0.3) is 5.65 Å². The highest BCUT2D eigenvalue weighted by Gasteiger charge is 2.21. The van der Waals surface area contributed by atoms with E-state index in [2.05, 4.69) is 10.3 Å². The molecule has 1 unspecified atom stereocenters. The number of carbonyl (C=O) groups is 1. The number of pyridine rings is 1. The second kappa shape index (κ2) is 4.65. The van der Waals surface area contributed by atoms with Crippen LogP contribution in [0.3, 0.4) is 0 Å². The molecule has 1 fully saturated rings. The molecule has 0 aromatic carbocycles. The summed E-state index contributed by atoms with van der Waals surface area (Å²) in [6, 6.07) is 6.08. The first-order chi connectivity index (χ1) is 8.75. The van der Waals surface area contributed by atoms with E-state index in [4.69, 9.17) is 0 Å². The molecular weight excluding hydrogens is 246 g/mol. The van der Waals surface area contributed by atoms with E-state index >= 15 is 0 Å². The maximum absolute atomic E-state index is 12.2. The molecule has 3 heterocycles. The summed E-state index contributed by atoms with van der Waals surface area (Å²) in [7, 11) is 0. The molecule has 5 heteroatoms. The maximum Gasteiger partial charge on any atom is 0.272 e. The molecule has 1 atom stereocenters. The van der Waals surface area contributed by atoms with Crippen LogP contribution in [0.15, 0.2) is 24.4 Å². The van der Waals surface area contributed by atoms with Crippen LogP contribution in [0.2, 0.25) is 0 Å². The highest BCUT2D eigenvalue weighted by Crippen LogP contribution is 2.18. The first kappa shape index (κ1) is 11.6. The number of hydrogen-bond donors (Lipinski definition) is 1. The van der Waals surface area contributed by atoms with Crippen LogP contribution in [0.4, 0.5) is 0 Å². The molecule has 3 rings (SSSR count). The normalized spacial score (nSPS) is 19.3. The smallest absolute Gasteiger partial charge is 0.272 e. The zero-order chi connectivity index (χ0) is 12.5. The monoisotopic (exact) mass is 261 g/mol. The van der Waals surface area contributed by atoms with Crippen molar-refractivity contribution in [2.24, 2.45) is 0 Å². The summed E-state index contributed by atoms with van der Waals surface area (Å²) in [5.41, 5.74) is 2.26. The fourth-order valence-electron chi connectivity index (χ4n) is 2.24. The van der Waals surface area contributed by atoms with Crippen LogP contribution in [-0.4, -0.2) is 32.8 Å². The standard InChI is InChI=1S/C13H15N3OS/c1-9-12(13(17)14-10-5-7-18-8-10)15-11-4-2-3-6-16(9)11/h2-4,6,10H,5,7-8H2,1H3,(H,14,17). The molecule has 2 aromatic rings. The third-order valence-electron chi connectivity index (χ3n) is 3.25. The van der Waals surface area contributed by atoms with E-state index in [0.29, 0.717) is 11.7 Å². The third kappa shape index (κ3) is 1.99. The summed E-state index contributed by atoms with van der Waals surface area (Å²) in [6.07, 6.45) is 2.99. The van der Waals surface area contributed by atoms with Crippen molar-refractivity contribution in [3.8, 4) is 0 Å². The van der Waals surface area contributed by atoms with Crippen molar-refractivity contribution >= 4 is 23.3 Å². The molecule has 4 nitrogen and oxygen atoms in total. The van der Waals surface area contributed by atoms with Gasteiger partial charge in [0, 0.05) is 18.0 Å². The van der Waals surface area contributed by atoms with Gasteiger partial charge in [-0.1, -0.05) is 6.07 Å². The summed E-state index contributed by atoms with van der Waals surface area (Å²) in [4.78, 5) is 16.6. The Morgan fingerprint density at radius 1 is 1.56 bits per heavy atom. The van der Waals surface area contributed by atoms with E-state index in [0.717, 1.165) is 29.3 Å². The van der Waals surface area contributed by atoms with Gasteiger partial charge in [0.05, 0.1) is 5.69 Å². The van der Waals surface area contributed by atoms with Gasteiger partial charge >= 0.3 is 0 Å². The second-order valence-corrected chi connectivity index (χ2v) is 5.66. The molecule has 1 amide bonds. The number of nitrogens with one attached hydrogen (secondary N) is 1.